The molecule has 0 bridgehead atoms. The Balaban J connectivity index is 1.83. The Kier molecular flexibility index (Phi) is 11.2. The van der Waals surface area contributed by atoms with Gasteiger partial charge in [-0.05, 0) is 74.6 Å². The van der Waals surface area contributed by atoms with Gasteiger partial charge in [0.25, 0.3) is 10.0 Å². The van der Waals surface area contributed by atoms with Crippen molar-refractivity contribution in [3.63, 3.8) is 0 Å². The third-order valence-corrected chi connectivity index (χ3v) is 9.94. The summed E-state index contributed by atoms with van der Waals surface area (Å²) < 4.78 is 29.6. The van der Waals surface area contributed by atoms with Gasteiger partial charge in [-0.15, -0.1) is 0 Å². The Labute approximate surface area is 268 Å². The second kappa shape index (κ2) is 15.0. The van der Waals surface area contributed by atoms with E-state index in [1.807, 2.05) is 95.3 Å². The van der Waals surface area contributed by atoms with Crippen LogP contribution in [0.15, 0.2) is 108 Å². The largest absolute Gasteiger partial charge is 0.352 e. The highest BCUT2D eigenvalue weighted by Crippen LogP contribution is 2.29. The molecule has 1 N–H and O–H groups in total. The van der Waals surface area contributed by atoms with Crippen LogP contribution in [0.1, 0.15) is 48.1 Å². The number of carbonyl (C=O) groups is 2. The highest BCUT2D eigenvalue weighted by atomic mass is 32.2. The van der Waals surface area contributed by atoms with Crippen LogP contribution in [0.3, 0.4) is 0 Å². The first-order chi connectivity index (χ1) is 21.5. The van der Waals surface area contributed by atoms with E-state index >= 15 is 0 Å². The minimum Gasteiger partial charge on any atom is -0.352 e. The van der Waals surface area contributed by atoms with Crippen molar-refractivity contribution in [2.75, 3.05) is 10.8 Å². The smallest absolute Gasteiger partial charge is 0.264 e. The molecule has 2 amide bonds. The number of rotatable bonds is 13. The zero-order chi connectivity index (χ0) is 32.6. The van der Waals surface area contributed by atoms with Gasteiger partial charge in [-0.2, -0.15) is 0 Å². The van der Waals surface area contributed by atoms with Gasteiger partial charge in [-0.25, -0.2) is 8.42 Å². The average Bonchev–Trinajstić information content (AvgIpc) is 3.03. The first-order valence-electron chi connectivity index (χ1n) is 15.3. The lowest BCUT2D eigenvalue weighted by Gasteiger charge is -2.34. The van der Waals surface area contributed by atoms with E-state index in [2.05, 4.69) is 5.32 Å². The number of hydrogen-bond acceptors (Lipinski definition) is 4. The van der Waals surface area contributed by atoms with Gasteiger partial charge in [0.2, 0.25) is 11.8 Å². The van der Waals surface area contributed by atoms with Gasteiger partial charge < -0.3 is 10.2 Å². The van der Waals surface area contributed by atoms with Crippen molar-refractivity contribution in [2.45, 2.75) is 71.0 Å². The molecule has 0 saturated heterocycles. The molecule has 0 saturated carbocycles. The monoisotopic (exact) mass is 625 g/mol. The zero-order valence-corrected chi connectivity index (χ0v) is 27.6. The minimum absolute atomic E-state index is 0.0827. The first-order valence-corrected chi connectivity index (χ1v) is 16.8. The second-order valence-corrected chi connectivity index (χ2v) is 13.4. The van der Waals surface area contributed by atoms with Gasteiger partial charge in [0.15, 0.2) is 0 Å². The maximum Gasteiger partial charge on any atom is 0.264 e. The molecule has 8 heteroatoms. The second-order valence-electron chi connectivity index (χ2n) is 11.6. The van der Waals surface area contributed by atoms with E-state index in [4.69, 9.17) is 0 Å². The van der Waals surface area contributed by atoms with Gasteiger partial charge in [-0.3, -0.25) is 13.9 Å². The highest BCUT2D eigenvalue weighted by Gasteiger charge is 2.35. The summed E-state index contributed by atoms with van der Waals surface area (Å²) in [7, 11) is -4.14. The lowest BCUT2D eigenvalue weighted by Crippen LogP contribution is -2.54. The van der Waals surface area contributed by atoms with E-state index in [0.717, 1.165) is 34.2 Å². The van der Waals surface area contributed by atoms with Crippen LogP contribution in [0.25, 0.3) is 0 Å². The zero-order valence-electron chi connectivity index (χ0n) is 26.7. The summed E-state index contributed by atoms with van der Waals surface area (Å²) in [5.41, 5.74) is 4.85. The predicted molar refractivity (Wildman–Crippen MR) is 180 cm³/mol. The van der Waals surface area contributed by atoms with Crippen LogP contribution in [-0.4, -0.2) is 43.8 Å². The molecule has 0 aromatic heterocycles. The molecule has 0 radical (unpaired) electrons. The summed E-state index contributed by atoms with van der Waals surface area (Å²) in [4.78, 5) is 30.2. The van der Waals surface area contributed by atoms with Gasteiger partial charge in [0, 0.05) is 19.0 Å². The summed E-state index contributed by atoms with van der Waals surface area (Å²) in [5, 5.41) is 3.08. The van der Waals surface area contributed by atoms with E-state index in [1.54, 1.807) is 30.3 Å². The first kappa shape index (κ1) is 33.5. The summed E-state index contributed by atoms with van der Waals surface area (Å²) in [6, 6.07) is 29.9. The van der Waals surface area contributed by atoms with Crippen LogP contribution in [0, 0.1) is 20.8 Å². The molecule has 0 heterocycles. The summed E-state index contributed by atoms with van der Waals surface area (Å²) >= 11 is 0. The number of anilines is 1. The summed E-state index contributed by atoms with van der Waals surface area (Å²) in [6.07, 6.45) is 1.00. The van der Waals surface area contributed by atoms with Gasteiger partial charge in [-0.1, -0.05) is 97.4 Å². The van der Waals surface area contributed by atoms with E-state index in [0.29, 0.717) is 5.69 Å². The Morgan fingerprint density at radius 1 is 0.800 bits per heavy atom. The van der Waals surface area contributed by atoms with Crippen molar-refractivity contribution in [3.05, 3.63) is 131 Å². The standard InChI is InChI=1S/C37H43N3O4S/c1-6-29(4)38-37(42)35(24-31-17-9-7-10-18-31)39(25-32-19-13-15-27(2)23-32)36(41)26-40(34-22-14-16-28(3)30(34)5)45(43,44)33-20-11-8-12-21-33/h7-23,29,35H,6,24-26H2,1-5H3,(H,38,42)/t29-,35-/m1/s1. The molecule has 4 aromatic carbocycles. The van der Waals surface area contributed by atoms with Crippen molar-refractivity contribution < 1.29 is 18.0 Å². The molecule has 0 unspecified atom stereocenters. The van der Waals surface area contributed by atoms with E-state index < -0.39 is 28.5 Å². The number of sulfonamides is 1. The minimum atomic E-state index is -4.14. The Bertz CT molecular complexity index is 1710. The van der Waals surface area contributed by atoms with Crippen LogP contribution in [0.5, 0.6) is 0 Å². The molecule has 0 fully saturated rings. The van der Waals surface area contributed by atoms with Crippen LogP contribution in [-0.2, 0) is 32.6 Å². The van der Waals surface area contributed by atoms with Gasteiger partial charge >= 0.3 is 0 Å². The van der Waals surface area contributed by atoms with Crippen molar-refractivity contribution in [2.24, 2.45) is 0 Å². The number of amides is 2. The maximum atomic E-state index is 14.6. The van der Waals surface area contributed by atoms with Crippen molar-refractivity contribution in [3.8, 4) is 0 Å². The SMILES string of the molecule is CC[C@@H](C)NC(=O)[C@@H](Cc1ccccc1)N(Cc1cccc(C)c1)C(=O)CN(c1cccc(C)c1C)S(=O)(=O)c1ccccc1. The molecule has 0 aliphatic carbocycles. The lowest BCUT2D eigenvalue weighted by molar-refractivity contribution is -0.140. The molecule has 7 nitrogen and oxygen atoms in total. The average molecular weight is 626 g/mol. The summed E-state index contributed by atoms with van der Waals surface area (Å²) in [5.74, 6) is -0.754. The Morgan fingerprint density at radius 3 is 2.07 bits per heavy atom. The number of benzene rings is 4. The Morgan fingerprint density at radius 2 is 1.42 bits per heavy atom. The normalized spacial score (nSPS) is 12.6. The molecule has 2 atom stereocenters. The third-order valence-electron chi connectivity index (χ3n) is 8.16. The molecule has 0 aliphatic rings. The fourth-order valence-corrected chi connectivity index (χ4v) is 6.73. The third kappa shape index (κ3) is 8.39. The van der Waals surface area contributed by atoms with Crippen LogP contribution >= 0.6 is 0 Å². The van der Waals surface area contributed by atoms with Crippen molar-refractivity contribution in [1.82, 2.24) is 10.2 Å². The van der Waals surface area contributed by atoms with E-state index in [1.165, 1.54) is 21.3 Å². The van der Waals surface area contributed by atoms with E-state index in [-0.39, 0.29) is 29.8 Å². The highest BCUT2D eigenvalue weighted by molar-refractivity contribution is 7.92. The van der Waals surface area contributed by atoms with Crippen molar-refractivity contribution in [1.29, 1.82) is 0 Å². The van der Waals surface area contributed by atoms with Gasteiger partial charge in [0.05, 0.1) is 10.6 Å². The number of carbonyl (C=O) groups excluding carboxylic acids is 2. The predicted octanol–water partition coefficient (Wildman–Crippen LogP) is 6.36. The molecular weight excluding hydrogens is 582 g/mol. The topological polar surface area (TPSA) is 86.8 Å². The number of aryl methyl sites for hydroxylation is 2. The maximum absolute atomic E-state index is 14.6. The quantitative estimate of drug-likeness (QED) is 0.187. The molecular formula is C37H43N3O4S. The molecule has 4 aromatic rings. The Hall–Kier alpha value is -4.43. The molecule has 45 heavy (non-hydrogen) atoms. The summed E-state index contributed by atoms with van der Waals surface area (Å²) in [6.45, 7) is 9.31. The fraction of sp³-hybridized carbons (Fsp3) is 0.297. The molecule has 236 valence electrons. The fourth-order valence-electron chi connectivity index (χ4n) is 5.24. The van der Waals surface area contributed by atoms with E-state index in [9.17, 15) is 18.0 Å². The number of nitrogens with one attached hydrogen (secondary N) is 1. The van der Waals surface area contributed by atoms with Gasteiger partial charge in [0.1, 0.15) is 12.6 Å². The van der Waals surface area contributed by atoms with Crippen LogP contribution < -0.4 is 9.62 Å². The lowest BCUT2D eigenvalue weighted by atomic mass is 10.0. The molecule has 0 spiro atoms. The molecule has 4 rings (SSSR count). The van der Waals surface area contributed by atoms with Crippen molar-refractivity contribution >= 4 is 27.5 Å². The van der Waals surface area contributed by atoms with Crippen LogP contribution in [0.2, 0.25) is 0 Å². The molecule has 0 aliphatic heterocycles. The number of nitrogens with zero attached hydrogens (tertiary/aromatic N) is 2. The number of hydrogen-bond donors (Lipinski definition) is 1. The van der Waals surface area contributed by atoms with Crippen LogP contribution in [0.4, 0.5) is 5.69 Å².